The molecule has 2 heterocycles. The number of ether oxygens (including phenoxy) is 1. The highest BCUT2D eigenvalue weighted by molar-refractivity contribution is 5.93. The molecule has 0 fully saturated rings. The van der Waals surface area contributed by atoms with Crippen molar-refractivity contribution in [2.75, 3.05) is 20.2 Å². The van der Waals surface area contributed by atoms with E-state index in [1.807, 2.05) is 7.05 Å². The van der Waals surface area contributed by atoms with Crippen molar-refractivity contribution in [3.63, 3.8) is 0 Å². The van der Waals surface area contributed by atoms with Crippen LogP contribution in [0, 0.1) is 11.6 Å². The van der Waals surface area contributed by atoms with Gasteiger partial charge in [0.1, 0.15) is 23.1 Å². The Morgan fingerprint density at radius 1 is 1.14 bits per heavy atom. The standard InChI is InChI=1S/C21H20F2N4O2/c1-25-9-3-11-29-18-8-10-26-12-14(18)13-6-7-17(21(24)28)27-20(13)19-15(22)4-2-5-16(19)23/h2,4-8,10,12,25H,3,9,11H2,1H3,(H2,24,28). The average molecular weight is 398 g/mol. The number of nitrogens with two attached hydrogens (primary N) is 1. The van der Waals surface area contributed by atoms with E-state index in [2.05, 4.69) is 15.3 Å². The fraction of sp³-hybridized carbons (Fsp3) is 0.190. The summed E-state index contributed by atoms with van der Waals surface area (Å²) in [5, 5.41) is 3.03. The van der Waals surface area contributed by atoms with Gasteiger partial charge in [-0.15, -0.1) is 0 Å². The summed E-state index contributed by atoms with van der Waals surface area (Å²) in [4.78, 5) is 19.8. The third kappa shape index (κ3) is 4.55. The van der Waals surface area contributed by atoms with Crippen LogP contribution in [-0.4, -0.2) is 36.1 Å². The topological polar surface area (TPSA) is 90.1 Å². The number of amides is 1. The molecule has 8 heteroatoms. The highest BCUT2D eigenvalue weighted by Gasteiger charge is 2.21. The minimum atomic E-state index is -0.805. The Morgan fingerprint density at radius 3 is 2.59 bits per heavy atom. The lowest BCUT2D eigenvalue weighted by molar-refractivity contribution is 0.0995. The summed E-state index contributed by atoms with van der Waals surface area (Å²) in [6, 6.07) is 8.10. The van der Waals surface area contributed by atoms with Crippen molar-refractivity contribution in [3.8, 4) is 28.1 Å². The minimum absolute atomic E-state index is 0.0509. The van der Waals surface area contributed by atoms with E-state index < -0.39 is 17.5 Å². The molecule has 29 heavy (non-hydrogen) atoms. The molecule has 0 aliphatic carbocycles. The van der Waals surface area contributed by atoms with Gasteiger partial charge in [0, 0.05) is 23.5 Å². The number of halogens is 2. The monoisotopic (exact) mass is 398 g/mol. The lowest BCUT2D eigenvalue weighted by atomic mass is 9.98. The second kappa shape index (κ2) is 9.20. The zero-order valence-electron chi connectivity index (χ0n) is 15.8. The van der Waals surface area contributed by atoms with Crippen LogP contribution in [0.2, 0.25) is 0 Å². The van der Waals surface area contributed by atoms with Crippen LogP contribution in [0.25, 0.3) is 22.4 Å². The number of aromatic nitrogens is 2. The lowest BCUT2D eigenvalue weighted by Crippen LogP contribution is -2.14. The molecule has 0 aliphatic heterocycles. The first-order valence-electron chi connectivity index (χ1n) is 9.00. The maximum Gasteiger partial charge on any atom is 0.267 e. The maximum atomic E-state index is 14.5. The van der Waals surface area contributed by atoms with E-state index in [-0.39, 0.29) is 17.0 Å². The number of carbonyl (C=O) groups is 1. The first-order chi connectivity index (χ1) is 14.0. The number of nitrogens with one attached hydrogen (secondary N) is 1. The summed E-state index contributed by atoms with van der Waals surface area (Å²) >= 11 is 0. The normalized spacial score (nSPS) is 10.7. The van der Waals surface area contributed by atoms with Gasteiger partial charge in [-0.2, -0.15) is 0 Å². The molecular weight excluding hydrogens is 378 g/mol. The predicted octanol–water partition coefficient (Wildman–Crippen LogP) is 3.18. The molecule has 1 aromatic carbocycles. The summed E-state index contributed by atoms with van der Waals surface area (Å²) < 4.78 is 34.8. The van der Waals surface area contributed by atoms with E-state index in [9.17, 15) is 13.6 Å². The number of hydrogen-bond acceptors (Lipinski definition) is 5. The first-order valence-corrected chi connectivity index (χ1v) is 9.00. The summed E-state index contributed by atoms with van der Waals surface area (Å²) in [7, 11) is 1.85. The Bertz CT molecular complexity index is 1010. The molecule has 0 spiro atoms. The van der Waals surface area contributed by atoms with Gasteiger partial charge in [-0.25, -0.2) is 13.8 Å². The van der Waals surface area contributed by atoms with Gasteiger partial charge in [0.05, 0.1) is 17.9 Å². The van der Waals surface area contributed by atoms with Crippen LogP contribution in [0.15, 0.2) is 48.8 Å². The van der Waals surface area contributed by atoms with E-state index in [4.69, 9.17) is 10.5 Å². The zero-order chi connectivity index (χ0) is 20.8. The molecule has 2 aromatic heterocycles. The molecule has 0 radical (unpaired) electrons. The van der Waals surface area contributed by atoms with Gasteiger partial charge in [-0.1, -0.05) is 6.07 Å². The average Bonchev–Trinajstić information content (AvgIpc) is 2.71. The summed E-state index contributed by atoms with van der Waals surface area (Å²) in [6.07, 6.45) is 3.86. The SMILES string of the molecule is CNCCCOc1ccncc1-c1ccc(C(N)=O)nc1-c1c(F)cccc1F. The number of carbonyl (C=O) groups excluding carboxylic acids is 1. The molecule has 6 nitrogen and oxygen atoms in total. The van der Waals surface area contributed by atoms with E-state index in [1.54, 1.807) is 12.3 Å². The van der Waals surface area contributed by atoms with Crippen LogP contribution in [0.5, 0.6) is 5.75 Å². The van der Waals surface area contributed by atoms with Crippen LogP contribution < -0.4 is 15.8 Å². The van der Waals surface area contributed by atoms with Crippen molar-refractivity contribution >= 4 is 5.91 Å². The smallest absolute Gasteiger partial charge is 0.267 e. The molecule has 150 valence electrons. The number of benzene rings is 1. The fourth-order valence-electron chi connectivity index (χ4n) is 2.87. The van der Waals surface area contributed by atoms with Gasteiger partial charge in [0.2, 0.25) is 0 Å². The van der Waals surface area contributed by atoms with Crippen molar-refractivity contribution in [1.82, 2.24) is 15.3 Å². The minimum Gasteiger partial charge on any atom is -0.493 e. The van der Waals surface area contributed by atoms with Crippen molar-refractivity contribution in [2.45, 2.75) is 6.42 Å². The summed E-state index contributed by atoms with van der Waals surface area (Å²) in [5.41, 5.74) is 5.68. The molecule has 0 atom stereocenters. The van der Waals surface area contributed by atoms with Crippen molar-refractivity contribution in [3.05, 3.63) is 66.1 Å². The van der Waals surface area contributed by atoms with Crippen molar-refractivity contribution < 1.29 is 18.3 Å². The Balaban J connectivity index is 2.15. The third-order valence-electron chi connectivity index (χ3n) is 4.25. The molecule has 0 saturated heterocycles. The van der Waals surface area contributed by atoms with Gasteiger partial charge in [0.25, 0.3) is 5.91 Å². The highest BCUT2D eigenvalue weighted by Crippen LogP contribution is 2.37. The zero-order valence-corrected chi connectivity index (χ0v) is 15.8. The van der Waals surface area contributed by atoms with Gasteiger partial charge < -0.3 is 15.8 Å². The molecule has 0 saturated carbocycles. The molecule has 3 rings (SSSR count). The number of hydrogen-bond donors (Lipinski definition) is 2. The first kappa shape index (κ1) is 20.3. The van der Waals surface area contributed by atoms with Crippen molar-refractivity contribution in [1.29, 1.82) is 0 Å². The predicted molar refractivity (Wildman–Crippen MR) is 105 cm³/mol. The van der Waals surface area contributed by atoms with Crippen molar-refractivity contribution in [2.24, 2.45) is 5.73 Å². The van der Waals surface area contributed by atoms with Gasteiger partial charge >= 0.3 is 0 Å². The second-order valence-corrected chi connectivity index (χ2v) is 6.23. The molecule has 0 aliphatic rings. The van der Waals surface area contributed by atoms with E-state index >= 15 is 0 Å². The lowest BCUT2D eigenvalue weighted by Gasteiger charge is -2.15. The third-order valence-corrected chi connectivity index (χ3v) is 4.25. The van der Waals surface area contributed by atoms with E-state index in [0.717, 1.165) is 25.1 Å². The Labute approximate surface area is 166 Å². The highest BCUT2D eigenvalue weighted by atomic mass is 19.1. The quantitative estimate of drug-likeness (QED) is 0.569. The van der Waals surface area contributed by atoms with Crippen LogP contribution in [0.4, 0.5) is 8.78 Å². The van der Waals surface area contributed by atoms with Crippen LogP contribution >= 0.6 is 0 Å². The van der Waals surface area contributed by atoms with Crippen LogP contribution in [0.1, 0.15) is 16.9 Å². The maximum absolute atomic E-state index is 14.5. The largest absolute Gasteiger partial charge is 0.493 e. The molecule has 0 unspecified atom stereocenters. The van der Waals surface area contributed by atoms with E-state index in [1.165, 1.54) is 24.4 Å². The Morgan fingerprint density at radius 2 is 1.90 bits per heavy atom. The molecule has 1 amide bonds. The summed E-state index contributed by atoms with van der Waals surface area (Å²) in [6.45, 7) is 1.22. The molecule has 3 N–H and O–H groups in total. The summed E-state index contributed by atoms with van der Waals surface area (Å²) in [5.74, 6) is -1.92. The van der Waals surface area contributed by atoms with Gasteiger partial charge in [0.15, 0.2) is 0 Å². The Kier molecular flexibility index (Phi) is 6.46. The van der Waals surface area contributed by atoms with Gasteiger partial charge in [-0.05, 0) is 50.3 Å². The van der Waals surface area contributed by atoms with Crippen LogP contribution in [-0.2, 0) is 0 Å². The molecule has 3 aromatic rings. The molecule has 0 bridgehead atoms. The Hall–Kier alpha value is -3.39. The number of pyridine rings is 2. The van der Waals surface area contributed by atoms with Gasteiger partial charge in [-0.3, -0.25) is 9.78 Å². The van der Waals surface area contributed by atoms with E-state index in [0.29, 0.717) is 23.5 Å². The fourth-order valence-corrected chi connectivity index (χ4v) is 2.87. The second-order valence-electron chi connectivity index (χ2n) is 6.23. The number of nitrogens with zero attached hydrogens (tertiary/aromatic N) is 2. The number of rotatable bonds is 8. The van der Waals surface area contributed by atoms with Crippen LogP contribution in [0.3, 0.4) is 0 Å². The molecular formula is C21H20F2N4O2. The number of primary amides is 1.